The van der Waals surface area contributed by atoms with Gasteiger partial charge in [-0.15, -0.1) is 0 Å². The number of fused-ring (bicyclic) bond motifs is 1. The van der Waals surface area contributed by atoms with Crippen LogP contribution in [0.3, 0.4) is 0 Å². The molecule has 0 fully saturated rings. The molecule has 110 valence electrons. The number of hydrogen-bond acceptors (Lipinski definition) is 4. The van der Waals surface area contributed by atoms with Crippen LogP contribution in [0.25, 0.3) is 0 Å². The molecule has 1 aromatic heterocycles. The van der Waals surface area contributed by atoms with E-state index >= 15 is 0 Å². The summed E-state index contributed by atoms with van der Waals surface area (Å²) in [5, 5.41) is 6.34. The maximum absolute atomic E-state index is 12.0. The van der Waals surface area contributed by atoms with Crippen molar-refractivity contribution in [2.45, 2.75) is 26.0 Å². The molecule has 3 rings (SSSR count). The average molecular weight is 303 g/mol. The van der Waals surface area contributed by atoms with Crippen LogP contribution in [0.4, 0.5) is 9.93 Å². The molecule has 0 spiro atoms. The maximum atomic E-state index is 12.0. The van der Waals surface area contributed by atoms with Gasteiger partial charge in [-0.2, -0.15) is 0 Å². The lowest BCUT2D eigenvalue weighted by Gasteiger charge is -2.14. The Morgan fingerprint density at radius 3 is 2.95 bits per heavy atom. The van der Waals surface area contributed by atoms with Crippen molar-refractivity contribution in [3.8, 4) is 0 Å². The topological polar surface area (TPSA) is 63.2 Å². The van der Waals surface area contributed by atoms with E-state index < -0.39 is 0 Å². The van der Waals surface area contributed by atoms with Gasteiger partial charge in [0.15, 0.2) is 5.13 Å². The second-order valence-corrected chi connectivity index (χ2v) is 6.01. The van der Waals surface area contributed by atoms with Gasteiger partial charge in [-0.25, -0.2) is 9.78 Å². The molecular weight excluding hydrogens is 286 g/mol. The van der Waals surface area contributed by atoms with Crippen molar-refractivity contribution >= 4 is 22.5 Å². The van der Waals surface area contributed by atoms with Crippen molar-refractivity contribution in [2.75, 3.05) is 11.9 Å². The number of urea groups is 1. The minimum absolute atomic E-state index is 0.0517. The van der Waals surface area contributed by atoms with Crippen LogP contribution in [0.15, 0.2) is 30.3 Å². The molecule has 2 aromatic rings. The van der Waals surface area contributed by atoms with Gasteiger partial charge >= 0.3 is 6.03 Å². The number of aromatic nitrogens is 1. The monoisotopic (exact) mass is 303 g/mol. The number of ether oxygens (including phenoxy) is 1. The molecule has 2 N–H and O–H groups in total. The summed E-state index contributed by atoms with van der Waals surface area (Å²) in [4.78, 5) is 17.6. The molecule has 0 unspecified atom stereocenters. The summed E-state index contributed by atoms with van der Waals surface area (Å²) in [6.07, 6.45) is 0.815. The molecule has 0 saturated heterocycles. The highest BCUT2D eigenvalue weighted by Crippen LogP contribution is 2.27. The largest absolute Gasteiger partial charge is 0.375 e. The predicted molar refractivity (Wildman–Crippen MR) is 82.5 cm³/mol. The first-order valence-corrected chi connectivity index (χ1v) is 7.73. The van der Waals surface area contributed by atoms with Gasteiger partial charge in [-0.3, -0.25) is 5.32 Å². The smallest absolute Gasteiger partial charge is 0.321 e. The first-order valence-electron chi connectivity index (χ1n) is 6.91. The first-order chi connectivity index (χ1) is 10.2. The van der Waals surface area contributed by atoms with E-state index in [0.29, 0.717) is 18.3 Å². The van der Waals surface area contributed by atoms with Crippen LogP contribution >= 0.6 is 11.3 Å². The van der Waals surface area contributed by atoms with Crippen LogP contribution in [0.1, 0.15) is 29.1 Å². The van der Waals surface area contributed by atoms with Gasteiger partial charge in [-0.1, -0.05) is 41.7 Å². The van der Waals surface area contributed by atoms with Crippen molar-refractivity contribution in [2.24, 2.45) is 0 Å². The molecule has 21 heavy (non-hydrogen) atoms. The van der Waals surface area contributed by atoms with Gasteiger partial charge in [-0.05, 0) is 12.5 Å². The minimum Gasteiger partial charge on any atom is -0.375 e. The van der Waals surface area contributed by atoms with Crippen LogP contribution in [0.5, 0.6) is 0 Å². The van der Waals surface area contributed by atoms with Crippen LogP contribution in [-0.2, 0) is 17.8 Å². The number of nitrogens with one attached hydrogen (secondary N) is 2. The lowest BCUT2D eigenvalue weighted by atomic mass is 10.1. The molecule has 0 saturated carbocycles. The lowest BCUT2D eigenvalue weighted by molar-refractivity contribution is 0.112. The highest BCUT2D eigenvalue weighted by molar-refractivity contribution is 7.15. The molecule has 1 aliphatic rings. The van der Waals surface area contributed by atoms with Crippen molar-refractivity contribution in [3.63, 3.8) is 0 Å². The standard InChI is InChI=1S/C15H17N3O2S/c1-10(11-5-3-2-4-6-11)16-14(19)18-15-17-12-7-8-20-9-13(12)21-15/h2-6,10H,7-9H2,1H3,(H2,16,17,18,19)/t10-/m1/s1. The van der Waals surface area contributed by atoms with E-state index in [-0.39, 0.29) is 12.1 Å². The number of carbonyl (C=O) groups excluding carboxylic acids is 1. The van der Waals surface area contributed by atoms with Crippen LogP contribution in [0, 0.1) is 0 Å². The van der Waals surface area contributed by atoms with Crippen LogP contribution in [0.2, 0.25) is 0 Å². The molecule has 5 nitrogen and oxygen atoms in total. The zero-order valence-corrected chi connectivity index (χ0v) is 12.6. The quantitative estimate of drug-likeness (QED) is 0.916. The highest BCUT2D eigenvalue weighted by atomic mass is 32.1. The molecule has 2 heterocycles. The Kier molecular flexibility index (Phi) is 4.17. The summed E-state index contributed by atoms with van der Waals surface area (Å²) in [5.41, 5.74) is 2.11. The fourth-order valence-electron chi connectivity index (χ4n) is 2.23. The Hall–Kier alpha value is -1.92. The van der Waals surface area contributed by atoms with Crippen molar-refractivity contribution in [3.05, 3.63) is 46.5 Å². The van der Waals surface area contributed by atoms with Gasteiger partial charge in [0.1, 0.15) is 0 Å². The molecule has 1 aromatic carbocycles. The number of thiazole rings is 1. The summed E-state index contributed by atoms with van der Waals surface area (Å²) >= 11 is 1.48. The molecular formula is C15H17N3O2S. The SMILES string of the molecule is C[C@@H](NC(=O)Nc1nc2c(s1)COCC2)c1ccccc1. The Morgan fingerprint density at radius 1 is 1.38 bits per heavy atom. The van der Waals surface area contributed by atoms with E-state index in [1.165, 1.54) is 11.3 Å². The van der Waals surface area contributed by atoms with Crippen molar-refractivity contribution in [1.82, 2.24) is 10.3 Å². The number of nitrogens with zero attached hydrogens (tertiary/aromatic N) is 1. The van der Waals surface area contributed by atoms with Gasteiger partial charge < -0.3 is 10.1 Å². The summed E-state index contributed by atoms with van der Waals surface area (Å²) in [6, 6.07) is 9.57. The minimum atomic E-state index is -0.238. The van der Waals surface area contributed by atoms with Gasteiger partial charge in [0, 0.05) is 6.42 Å². The lowest BCUT2D eigenvalue weighted by Crippen LogP contribution is -2.31. The Balaban J connectivity index is 1.60. The molecule has 6 heteroatoms. The molecule has 0 radical (unpaired) electrons. The second kappa shape index (κ2) is 6.24. The van der Waals surface area contributed by atoms with E-state index in [9.17, 15) is 4.79 Å². The normalized spacial score (nSPS) is 15.1. The Morgan fingerprint density at radius 2 is 2.19 bits per heavy atom. The fourth-order valence-corrected chi connectivity index (χ4v) is 3.17. The van der Waals surface area contributed by atoms with Crippen molar-refractivity contribution in [1.29, 1.82) is 0 Å². The van der Waals surface area contributed by atoms with Gasteiger partial charge in [0.2, 0.25) is 0 Å². The fraction of sp³-hybridized carbons (Fsp3) is 0.333. The van der Waals surface area contributed by atoms with Crippen LogP contribution < -0.4 is 10.6 Å². The summed E-state index contributed by atoms with van der Waals surface area (Å²) < 4.78 is 5.38. The highest BCUT2D eigenvalue weighted by Gasteiger charge is 2.17. The zero-order chi connectivity index (χ0) is 14.7. The number of benzene rings is 1. The molecule has 1 atom stereocenters. The number of amides is 2. The predicted octanol–water partition coefficient (Wildman–Crippen LogP) is 3.10. The summed E-state index contributed by atoms with van der Waals surface area (Å²) in [5.74, 6) is 0. The van der Waals surface area contributed by atoms with Crippen molar-refractivity contribution < 1.29 is 9.53 Å². The molecule has 1 aliphatic heterocycles. The third kappa shape index (κ3) is 3.40. The zero-order valence-electron chi connectivity index (χ0n) is 11.8. The summed E-state index contributed by atoms with van der Waals surface area (Å²) in [6.45, 7) is 3.25. The molecule has 0 bridgehead atoms. The Labute approximate surface area is 127 Å². The van der Waals surface area contributed by atoms with E-state index in [1.807, 2.05) is 37.3 Å². The number of rotatable bonds is 3. The van der Waals surface area contributed by atoms with E-state index in [1.54, 1.807) is 0 Å². The first kappa shape index (κ1) is 14.0. The van der Waals surface area contributed by atoms with E-state index in [4.69, 9.17) is 4.74 Å². The average Bonchev–Trinajstić information content (AvgIpc) is 2.90. The molecule has 2 amide bonds. The van der Waals surface area contributed by atoms with Gasteiger partial charge in [0.25, 0.3) is 0 Å². The third-order valence-corrected chi connectivity index (χ3v) is 4.35. The number of carbonyl (C=O) groups is 1. The second-order valence-electron chi connectivity index (χ2n) is 4.92. The third-order valence-electron chi connectivity index (χ3n) is 3.36. The maximum Gasteiger partial charge on any atom is 0.321 e. The number of anilines is 1. The van der Waals surface area contributed by atoms with Crippen LogP contribution in [-0.4, -0.2) is 17.6 Å². The van der Waals surface area contributed by atoms with E-state index in [2.05, 4.69) is 15.6 Å². The molecule has 0 aliphatic carbocycles. The Bertz CT molecular complexity index is 604. The van der Waals surface area contributed by atoms with Gasteiger partial charge in [0.05, 0.1) is 29.8 Å². The summed E-state index contributed by atoms with van der Waals surface area (Å²) in [7, 11) is 0. The number of hydrogen-bond donors (Lipinski definition) is 2. The van der Waals surface area contributed by atoms with E-state index in [0.717, 1.165) is 22.6 Å².